The molecular weight excluding hydrogens is 284 g/mol. The number of halogens is 1. The summed E-state index contributed by atoms with van der Waals surface area (Å²) in [4.78, 5) is 11.8. The third kappa shape index (κ3) is 2.90. The Morgan fingerprint density at radius 3 is 2.56 bits per heavy atom. The van der Waals surface area contributed by atoms with Crippen LogP contribution in [0.3, 0.4) is 0 Å². The summed E-state index contributed by atoms with van der Waals surface area (Å²) < 4.78 is 0.978. The molecule has 0 atom stereocenters. The molecule has 1 nitrogen and oxygen atoms in total. The zero-order valence-electron chi connectivity index (χ0n) is 8.39. The van der Waals surface area contributed by atoms with Crippen LogP contribution in [0.25, 0.3) is 6.08 Å². The van der Waals surface area contributed by atoms with Crippen molar-refractivity contribution in [3.63, 3.8) is 0 Å². The van der Waals surface area contributed by atoms with Crippen LogP contribution in [0.15, 0.2) is 51.6 Å². The van der Waals surface area contributed by atoms with Gasteiger partial charge in [-0.05, 0) is 52.7 Å². The molecule has 0 unspecified atom stereocenters. The van der Waals surface area contributed by atoms with Crippen LogP contribution in [0.4, 0.5) is 0 Å². The van der Waals surface area contributed by atoms with Gasteiger partial charge in [-0.2, -0.15) is 11.3 Å². The van der Waals surface area contributed by atoms with Crippen molar-refractivity contribution < 1.29 is 4.79 Å². The summed E-state index contributed by atoms with van der Waals surface area (Å²) in [6, 6.07) is 9.34. The number of benzene rings is 1. The summed E-state index contributed by atoms with van der Waals surface area (Å²) in [5.41, 5.74) is 1.77. The number of ketones is 1. The van der Waals surface area contributed by atoms with Crippen molar-refractivity contribution in [3.05, 3.63) is 62.8 Å². The van der Waals surface area contributed by atoms with Crippen LogP contribution >= 0.6 is 27.3 Å². The molecule has 1 heterocycles. The first-order valence-corrected chi connectivity index (χ1v) is 6.49. The number of thiophene rings is 1. The number of hydrogen-bond donors (Lipinski definition) is 0. The average molecular weight is 293 g/mol. The van der Waals surface area contributed by atoms with Gasteiger partial charge in [0.1, 0.15) is 0 Å². The van der Waals surface area contributed by atoms with Crippen molar-refractivity contribution in [2.75, 3.05) is 0 Å². The van der Waals surface area contributed by atoms with E-state index in [2.05, 4.69) is 15.9 Å². The van der Waals surface area contributed by atoms with Gasteiger partial charge in [-0.25, -0.2) is 0 Å². The standard InChI is InChI=1S/C13H9BrOS/c14-12-4-2-11(3-5-12)13(15)6-1-10-7-8-16-9-10/h1-9H. The van der Waals surface area contributed by atoms with Crippen LogP contribution in [0.1, 0.15) is 15.9 Å². The lowest BCUT2D eigenvalue weighted by molar-refractivity contribution is 0.104. The van der Waals surface area contributed by atoms with Gasteiger partial charge in [0.25, 0.3) is 0 Å². The van der Waals surface area contributed by atoms with E-state index in [0.717, 1.165) is 10.0 Å². The molecule has 0 spiro atoms. The fraction of sp³-hybridized carbons (Fsp3) is 0. The van der Waals surface area contributed by atoms with Gasteiger partial charge in [0.05, 0.1) is 0 Å². The summed E-state index contributed by atoms with van der Waals surface area (Å²) in [7, 11) is 0. The van der Waals surface area contributed by atoms with E-state index in [1.807, 2.05) is 47.2 Å². The first-order chi connectivity index (χ1) is 7.75. The Labute approximate surface area is 107 Å². The van der Waals surface area contributed by atoms with Gasteiger partial charge < -0.3 is 0 Å². The maximum absolute atomic E-state index is 11.8. The van der Waals surface area contributed by atoms with E-state index in [4.69, 9.17) is 0 Å². The largest absolute Gasteiger partial charge is 0.289 e. The Bertz CT molecular complexity index is 497. The lowest BCUT2D eigenvalue weighted by Crippen LogP contribution is -1.92. The third-order valence-corrected chi connectivity index (χ3v) is 3.33. The maximum Gasteiger partial charge on any atom is 0.185 e. The minimum absolute atomic E-state index is 0.0266. The van der Waals surface area contributed by atoms with E-state index in [1.165, 1.54) is 0 Å². The minimum Gasteiger partial charge on any atom is -0.289 e. The molecule has 0 aliphatic carbocycles. The normalized spacial score (nSPS) is 10.8. The molecule has 2 rings (SSSR count). The highest BCUT2D eigenvalue weighted by molar-refractivity contribution is 9.10. The van der Waals surface area contributed by atoms with Gasteiger partial charge >= 0.3 is 0 Å². The Morgan fingerprint density at radius 1 is 1.19 bits per heavy atom. The summed E-state index contributed by atoms with van der Waals surface area (Å²) in [6.07, 6.45) is 3.44. The molecule has 1 aromatic heterocycles. The molecule has 0 radical (unpaired) electrons. The topological polar surface area (TPSA) is 17.1 Å². The zero-order chi connectivity index (χ0) is 11.4. The van der Waals surface area contributed by atoms with Gasteiger partial charge in [-0.1, -0.05) is 22.0 Å². The highest BCUT2D eigenvalue weighted by Crippen LogP contribution is 2.12. The summed E-state index contributed by atoms with van der Waals surface area (Å²) in [6.45, 7) is 0. The van der Waals surface area contributed by atoms with Crippen molar-refractivity contribution in [1.82, 2.24) is 0 Å². The first-order valence-electron chi connectivity index (χ1n) is 4.76. The van der Waals surface area contributed by atoms with Crippen LogP contribution < -0.4 is 0 Å². The zero-order valence-corrected chi connectivity index (χ0v) is 10.8. The molecule has 1 aromatic carbocycles. The Morgan fingerprint density at radius 2 is 1.94 bits per heavy atom. The van der Waals surface area contributed by atoms with Crippen LogP contribution in [-0.2, 0) is 0 Å². The highest BCUT2D eigenvalue weighted by Gasteiger charge is 2.00. The molecule has 0 aliphatic rings. The Kier molecular flexibility index (Phi) is 3.70. The predicted molar refractivity (Wildman–Crippen MR) is 71.8 cm³/mol. The second kappa shape index (κ2) is 5.23. The summed E-state index contributed by atoms with van der Waals surface area (Å²) in [5, 5.41) is 4.00. The molecule has 0 saturated carbocycles. The van der Waals surface area contributed by atoms with Crippen LogP contribution in [0.2, 0.25) is 0 Å². The molecule has 16 heavy (non-hydrogen) atoms. The van der Waals surface area contributed by atoms with E-state index >= 15 is 0 Å². The van der Waals surface area contributed by atoms with Crippen molar-refractivity contribution in [2.24, 2.45) is 0 Å². The molecule has 80 valence electrons. The van der Waals surface area contributed by atoms with E-state index in [0.29, 0.717) is 5.56 Å². The number of rotatable bonds is 3. The summed E-state index contributed by atoms with van der Waals surface area (Å²) >= 11 is 4.96. The number of hydrogen-bond acceptors (Lipinski definition) is 2. The van der Waals surface area contributed by atoms with Gasteiger partial charge in [0.2, 0.25) is 0 Å². The monoisotopic (exact) mass is 292 g/mol. The third-order valence-electron chi connectivity index (χ3n) is 2.10. The number of allylic oxidation sites excluding steroid dienone is 1. The van der Waals surface area contributed by atoms with E-state index in [-0.39, 0.29) is 5.78 Å². The molecule has 3 heteroatoms. The SMILES string of the molecule is O=C(C=Cc1ccsc1)c1ccc(Br)cc1. The summed E-state index contributed by atoms with van der Waals surface area (Å²) in [5.74, 6) is 0.0266. The molecule has 2 aromatic rings. The molecular formula is C13H9BrOS. The van der Waals surface area contributed by atoms with Gasteiger partial charge in [0, 0.05) is 10.0 Å². The molecule has 0 saturated heterocycles. The van der Waals surface area contributed by atoms with Crippen molar-refractivity contribution in [3.8, 4) is 0 Å². The van der Waals surface area contributed by atoms with Crippen LogP contribution in [0.5, 0.6) is 0 Å². The lowest BCUT2D eigenvalue weighted by Gasteiger charge is -1.95. The van der Waals surface area contributed by atoms with Crippen LogP contribution in [-0.4, -0.2) is 5.78 Å². The molecule has 0 fully saturated rings. The van der Waals surface area contributed by atoms with Crippen molar-refractivity contribution in [1.29, 1.82) is 0 Å². The van der Waals surface area contributed by atoms with Crippen molar-refractivity contribution in [2.45, 2.75) is 0 Å². The second-order valence-corrected chi connectivity index (χ2v) is 4.96. The fourth-order valence-electron chi connectivity index (χ4n) is 1.25. The molecule has 0 aliphatic heterocycles. The van der Waals surface area contributed by atoms with E-state index in [9.17, 15) is 4.79 Å². The Balaban J connectivity index is 2.11. The fourth-order valence-corrected chi connectivity index (χ4v) is 2.14. The molecule has 0 N–H and O–H groups in total. The molecule has 0 amide bonds. The first kappa shape index (κ1) is 11.3. The minimum atomic E-state index is 0.0266. The van der Waals surface area contributed by atoms with Gasteiger partial charge in [0.15, 0.2) is 5.78 Å². The van der Waals surface area contributed by atoms with Crippen molar-refractivity contribution >= 4 is 39.1 Å². The Hall–Kier alpha value is -1.19. The van der Waals surface area contributed by atoms with E-state index < -0.39 is 0 Å². The van der Waals surface area contributed by atoms with Crippen LogP contribution in [0, 0.1) is 0 Å². The quantitative estimate of drug-likeness (QED) is 0.605. The predicted octanol–water partition coefficient (Wildman–Crippen LogP) is 4.41. The number of carbonyl (C=O) groups excluding carboxylic acids is 1. The second-order valence-electron chi connectivity index (χ2n) is 3.26. The van der Waals surface area contributed by atoms with Gasteiger partial charge in [-0.3, -0.25) is 4.79 Å². The van der Waals surface area contributed by atoms with Gasteiger partial charge in [-0.15, -0.1) is 0 Å². The molecule has 0 bridgehead atoms. The lowest BCUT2D eigenvalue weighted by atomic mass is 10.1. The van der Waals surface area contributed by atoms with E-state index in [1.54, 1.807) is 17.4 Å². The smallest absolute Gasteiger partial charge is 0.185 e. The number of carbonyl (C=O) groups is 1. The maximum atomic E-state index is 11.8. The average Bonchev–Trinajstić information content (AvgIpc) is 2.80. The highest BCUT2D eigenvalue weighted by atomic mass is 79.9.